The lowest BCUT2D eigenvalue weighted by Gasteiger charge is -2.36. The number of fused-ring (bicyclic) bond motifs is 7. The molecule has 0 bridgehead atoms. The van der Waals surface area contributed by atoms with E-state index in [0.717, 1.165) is 11.3 Å². The first-order chi connectivity index (χ1) is 14.5. The normalized spacial score (nSPS) is 32.0. The summed E-state index contributed by atoms with van der Waals surface area (Å²) in [4.78, 5) is 43.8. The van der Waals surface area contributed by atoms with Gasteiger partial charge in [-0.2, -0.15) is 0 Å². The molecule has 8 heteroatoms. The van der Waals surface area contributed by atoms with Crippen molar-refractivity contribution < 1.29 is 18.8 Å². The van der Waals surface area contributed by atoms with E-state index in [9.17, 15) is 18.8 Å². The number of halogens is 2. The number of carbonyl (C=O) groups excluding carboxylic acids is 3. The summed E-state index contributed by atoms with van der Waals surface area (Å²) < 4.78 is 14.2. The zero-order valence-corrected chi connectivity index (χ0v) is 16.5. The van der Waals surface area contributed by atoms with Crippen molar-refractivity contribution in [1.29, 1.82) is 0 Å². The van der Waals surface area contributed by atoms with Gasteiger partial charge in [-0.3, -0.25) is 19.3 Å². The molecule has 4 atom stereocenters. The maximum absolute atomic E-state index is 14.2. The van der Waals surface area contributed by atoms with E-state index in [1.165, 1.54) is 18.2 Å². The summed E-state index contributed by atoms with van der Waals surface area (Å²) in [6, 6.07) is 10.5. The minimum absolute atomic E-state index is 0.251. The molecule has 2 aromatic rings. The predicted molar refractivity (Wildman–Crippen MR) is 107 cm³/mol. The number of anilines is 2. The molecule has 0 aromatic heterocycles. The summed E-state index contributed by atoms with van der Waals surface area (Å²) >= 11 is 6.30. The Hall–Kier alpha value is -2.77. The van der Waals surface area contributed by atoms with Crippen LogP contribution in [0.3, 0.4) is 0 Å². The lowest BCUT2D eigenvalue weighted by Crippen LogP contribution is -2.54. The molecule has 4 unspecified atom stereocenters. The van der Waals surface area contributed by atoms with Crippen LogP contribution in [-0.2, 0) is 19.9 Å². The third-order valence-electron chi connectivity index (χ3n) is 7.05. The summed E-state index contributed by atoms with van der Waals surface area (Å²) in [5.41, 5.74) is -0.134. The van der Waals surface area contributed by atoms with Gasteiger partial charge in [0.05, 0.1) is 22.5 Å². The van der Waals surface area contributed by atoms with E-state index in [2.05, 4.69) is 5.32 Å². The van der Waals surface area contributed by atoms with Crippen LogP contribution in [0.1, 0.15) is 18.4 Å². The Morgan fingerprint density at radius 1 is 1.10 bits per heavy atom. The molecule has 0 radical (unpaired) electrons. The van der Waals surface area contributed by atoms with E-state index in [1.54, 1.807) is 24.3 Å². The molecule has 1 spiro atoms. The van der Waals surface area contributed by atoms with E-state index in [-0.39, 0.29) is 17.9 Å². The molecule has 152 valence electrons. The molecule has 3 saturated heterocycles. The molecule has 0 saturated carbocycles. The van der Waals surface area contributed by atoms with E-state index in [4.69, 9.17) is 11.6 Å². The Bertz CT molecular complexity index is 1150. The van der Waals surface area contributed by atoms with Gasteiger partial charge in [-0.25, -0.2) is 9.29 Å². The maximum atomic E-state index is 14.2. The Morgan fingerprint density at radius 3 is 2.70 bits per heavy atom. The van der Waals surface area contributed by atoms with Gasteiger partial charge in [-0.05, 0) is 49.7 Å². The fraction of sp³-hybridized carbons (Fsp3) is 0.318. The Kier molecular flexibility index (Phi) is 3.54. The molecule has 1 N–H and O–H groups in total. The summed E-state index contributed by atoms with van der Waals surface area (Å²) in [5, 5.41) is 3.12. The fourth-order valence-electron chi connectivity index (χ4n) is 6.05. The SMILES string of the molecule is O=C1C2C3CCCN3C3(C(=O)Nc4ccc(F)cc43)C2C(=O)N1c1ccccc1Cl. The van der Waals surface area contributed by atoms with Gasteiger partial charge in [0.25, 0.3) is 0 Å². The Labute approximate surface area is 176 Å². The third kappa shape index (κ3) is 1.95. The number of imide groups is 1. The predicted octanol–water partition coefficient (Wildman–Crippen LogP) is 2.91. The number of hydrogen-bond acceptors (Lipinski definition) is 4. The minimum atomic E-state index is -1.38. The van der Waals surface area contributed by atoms with Crippen molar-refractivity contribution in [2.75, 3.05) is 16.8 Å². The van der Waals surface area contributed by atoms with Crippen molar-refractivity contribution in [2.24, 2.45) is 11.8 Å². The number of nitrogens with zero attached hydrogens (tertiary/aromatic N) is 2. The summed E-state index contributed by atoms with van der Waals surface area (Å²) in [7, 11) is 0. The van der Waals surface area contributed by atoms with Crippen LogP contribution in [-0.4, -0.2) is 35.2 Å². The van der Waals surface area contributed by atoms with Crippen molar-refractivity contribution >= 4 is 40.7 Å². The highest BCUT2D eigenvalue weighted by Crippen LogP contribution is 2.60. The van der Waals surface area contributed by atoms with Crippen LogP contribution in [0, 0.1) is 17.7 Å². The molecule has 2 aromatic carbocycles. The van der Waals surface area contributed by atoms with E-state index >= 15 is 0 Å². The second-order valence-corrected chi connectivity index (χ2v) is 8.69. The summed E-state index contributed by atoms with van der Waals surface area (Å²) in [5.74, 6) is -3.25. The van der Waals surface area contributed by atoms with Gasteiger partial charge in [0.2, 0.25) is 17.7 Å². The number of rotatable bonds is 1. The molecule has 3 fully saturated rings. The van der Waals surface area contributed by atoms with Gasteiger partial charge >= 0.3 is 0 Å². The van der Waals surface area contributed by atoms with Crippen molar-refractivity contribution in [3.8, 4) is 0 Å². The lowest BCUT2D eigenvalue weighted by molar-refractivity contribution is -0.135. The summed E-state index contributed by atoms with van der Waals surface area (Å²) in [6.07, 6.45) is 1.51. The van der Waals surface area contributed by atoms with Gasteiger partial charge in [-0.1, -0.05) is 23.7 Å². The second-order valence-electron chi connectivity index (χ2n) is 8.28. The number of amides is 3. The van der Waals surface area contributed by atoms with Crippen LogP contribution in [0.2, 0.25) is 5.02 Å². The topological polar surface area (TPSA) is 69.7 Å². The third-order valence-corrected chi connectivity index (χ3v) is 7.37. The van der Waals surface area contributed by atoms with E-state index in [0.29, 0.717) is 34.9 Å². The highest BCUT2D eigenvalue weighted by atomic mass is 35.5. The molecule has 30 heavy (non-hydrogen) atoms. The molecule has 4 heterocycles. The number of hydrogen-bond donors (Lipinski definition) is 1. The smallest absolute Gasteiger partial charge is 0.250 e. The van der Waals surface area contributed by atoms with Gasteiger partial charge in [0.1, 0.15) is 11.4 Å². The molecule has 6 nitrogen and oxygen atoms in total. The molecule has 4 aliphatic heterocycles. The quantitative estimate of drug-likeness (QED) is 0.713. The molecule has 4 aliphatic rings. The largest absolute Gasteiger partial charge is 0.324 e. The molecule has 6 rings (SSSR count). The number of benzene rings is 2. The van der Waals surface area contributed by atoms with Gasteiger partial charge in [-0.15, -0.1) is 0 Å². The van der Waals surface area contributed by atoms with Crippen LogP contribution >= 0.6 is 11.6 Å². The molecule has 3 amide bonds. The Balaban J connectivity index is 1.58. The van der Waals surface area contributed by atoms with E-state index < -0.39 is 29.1 Å². The monoisotopic (exact) mass is 425 g/mol. The van der Waals surface area contributed by atoms with Crippen LogP contribution in [0.25, 0.3) is 0 Å². The van der Waals surface area contributed by atoms with Crippen LogP contribution in [0.4, 0.5) is 15.8 Å². The van der Waals surface area contributed by atoms with Crippen LogP contribution in [0.5, 0.6) is 0 Å². The standard InChI is InChI=1S/C22H17ClFN3O3/c23-13-4-1-2-5-15(13)27-19(28)17-16-6-3-9-26(16)22(18(17)20(27)29)12-10-11(24)7-8-14(12)25-21(22)30/h1-2,4-5,7-8,10,16-18H,3,6,9H2,(H,25,30). The van der Waals surface area contributed by atoms with Crippen LogP contribution in [0.15, 0.2) is 42.5 Å². The second kappa shape index (κ2) is 5.89. The summed E-state index contributed by atoms with van der Waals surface area (Å²) in [6.45, 7) is 0.577. The number of nitrogens with one attached hydrogen (secondary N) is 1. The minimum Gasteiger partial charge on any atom is -0.324 e. The number of para-hydroxylation sites is 1. The van der Waals surface area contributed by atoms with E-state index in [1.807, 2.05) is 4.90 Å². The zero-order chi connectivity index (χ0) is 20.8. The zero-order valence-electron chi connectivity index (χ0n) is 15.8. The number of carbonyl (C=O) groups is 3. The van der Waals surface area contributed by atoms with Gasteiger partial charge < -0.3 is 5.32 Å². The molecular weight excluding hydrogens is 409 g/mol. The van der Waals surface area contributed by atoms with Crippen molar-refractivity contribution in [1.82, 2.24) is 4.90 Å². The highest BCUT2D eigenvalue weighted by molar-refractivity contribution is 6.36. The van der Waals surface area contributed by atoms with Crippen molar-refractivity contribution in [3.63, 3.8) is 0 Å². The average molecular weight is 426 g/mol. The lowest BCUT2D eigenvalue weighted by atomic mass is 9.75. The molecule has 0 aliphatic carbocycles. The van der Waals surface area contributed by atoms with Gasteiger partial charge in [0, 0.05) is 17.3 Å². The first kappa shape index (κ1) is 18.0. The fourth-order valence-corrected chi connectivity index (χ4v) is 6.27. The van der Waals surface area contributed by atoms with Crippen molar-refractivity contribution in [3.05, 3.63) is 58.9 Å². The highest BCUT2D eigenvalue weighted by Gasteiger charge is 2.74. The first-order valence-electron chi connectivity index (χ1n) is 9.97. The maximum Gasteiger partial charge on any atom is 0.250 e. The Morgan fingerprint density at radius 2 is 1.90 bits per heavy atom. The first-order valence-corrected chi connectivity index (χ1v) is 10.3. The van der Waals surface area contributed by atoms with Crippen LogP contribution < -0.4 is 10.2 Å². The van der Waals surface area contributed by atoms with Gasteiger partial charge in [0.15, 0.2) is 0 Å². The van der Waals surface area contributed by atoms with Crippen molar-refractivity contribution in [2.45, 2.75) is 24.4 Å². The average Bonchev–Trinajstić information content (AvgIpc) is 3.42. The molecular formula is C22H17ClFN3O3.